The highest BCUT2D eigenvalue weighted by molar-refractivity contribution is 6.30. The standard InChI is InChI=1S/C22H25ClN2O2/c1-16-4-2-3-5-19(16)14-21(26)25-12-10-18(11-13-25)22(27)24-15-17-6-8-20(23)9-7-17/h2-9,18H,10-15H2,1H3,(H,24,27). The SMILES string of the molecule is Cc1ccccc1CC(=O)N1CCC(C(=O)NCc2ccc(Cl)cc2)CC1. The van der Waals surface area contributed by atoms with Gasteiger partial charge in [0, 0.05) is 30.6 Å². The van der Waals surface area contributed by atoms with E-state index in [1.807, 2.05) is 60.4 Å². The Kier molecular flexibility index (Phi) is 6.51. The summed E-state index contributed by atoms with van der Waals surface area (Å²) in [4.78, 5) is 26.8. The fraction of sp³-hybridized carbons (Fsp3) is 0.364. The van der Waals surface area contributed by atoms with Crippen LogP contribution in [0.15, 0.2) is 48.5 Å². The van der Waals surface area contributed by atoms with Crippen molar-refractivity contribution in [2.75, 3.05) is 13.1 Å². The Morgan fingerprint density at radius 2 is 1.74 bits per heavy atom. The van der Waals surface area contributed by atoms with Crippen molar-refractivity contribution in [3.8, 4) is 0 Å². The maximum absolute atomic E-state index is 12.5. The summed E-state index contributed by atoms with van der Waals surface area (Å²) < 4.78 is 0. The normalized spacial score (nSPS) is 14.8. The zero-order valence-electron chi connectivity index (χ0n) is 15.6. The number of rotatable bonds is 5. The Morgan fingerprint density at radius 1 is 1.07 bits per heavy atom. The average Bonchev–Trinajstić information content (AvgIpc) is 2.69. The van der Waals surface area contributed by atoms with Crippen LogP contribution in [-0.4, -0.2) is 29.8 Å². The number of hydrogen-bond acceptors (Lipinski definition) is 2. The summed E-state index contributed by atoms with van der Waals surface area (Å²) in [6.07, 6.45) is 1.86. The molecule has 2 aromatic rings. The minimum atomic E-state index is -0.0280. The van der Waals surface area contributed by atoms with Gasteiger partial charge in [0.15, 0.2) is 0 Å². The topological polar surface area (TPSA) is 49.4 Å². The fourth-order valence-electron chi connectivity index (χ4n) is 3.41. The Hall–Kier alpha value is -2.33. The van der Waals surface area contributed by atoms with Crippen molar-refractivity contribution < 1.29 is 9.59 Å². The molecule has 0 atom stereocenters. The number of benzene rings is 2. The van der Waals surface area contributed by atoms with E-state index in [1.54, 1.807) is 0 Å². The van der Waals surface area contributed by atoms with Crippen molar-refractivity contribution >= 4 is 23.4 Å². The second-order valence-electron chi connectivity index (χ2n) is 7.10. The van der Waals surface area contributed by atoms with Crippen molar-refractivity contribution in [2.24, 2.45) is 5.92 Å². The Bertz CT molecular complexity index is 796. The lowest BCUT2D eigenvalue weighted by atomic mass is 9.95. The molecule has 0 unspecified atom stereocenters. The molecule has 1 aliphatic rings. The molecule has 27 heavy (non-hydrogen) atoms. The molecule has 0 radical (unpaired) electrons. The molecular formula is C22H25ClN2O2. The largest absolute Gasteiger partial charge is 0.352 e. The van der Waals surface area contributed by atoms with Gasteiger partial charge >= 0.3 is 0 Å². The monoisotopic (exact) mass is 384 g/mol. The summed E-state index contributed by atoms with van der Waals surface area (Å²) >= 11 is 5.88. The maximum atomic E-state index is 12.5. The summed E-state index contributed by atoms with van der Waals surface area (Å²) in [7, 11) is 0. The first-order valence-corrected chi connectivity index (χ1v) is 9.75. The van der Waals surface area contributed by atoms with Crippen LogP contribution in [0.5, 0.6) is 0 Å². The predicted octanol–water partition coefficient (Wildman–Crippen LogP) is 3.75. The minimum Gasteiger partial charge on any atom is -0.352 e. The van der Waals surface area contributed by atoms with Crippen molar-refractivity contribution in [2.45, 2.75) is 32.7 Å². The molecule has 0 bridgehead atoms. The van der Waals surface area contributed by atoms with Crippen LogP contribution in [0.25, 0.3) is 0 Å². The van der Waals surface area contributed by atoms with Crippen LogP contribution < -0.4 is 5.32 Å². The molecule has 0 aromatic heterocycles. The van der Waals surface area contributed by atoms with Gasteiger partial charge in [-0.05, 0) is 48.6 Å². The second-order valence-corrected chi connectivity index (χ2v) is 7.54. The predicted molar refractivity (Wildman–Crippen MR) is 107 cm³/mol. The van der Waals surface area contributed by atoms with Crippen LogP contribution in [0.3, 0.4) is 0 Å². The number of carbonyl (C=O) groups is 2. The fourth-order valence-corrected chi connectivity index (χ4v) is 3.54. The molecule has 0 aliphatic carbocycles. The number of aryl methyl sites for hydroxylation is 1. The van der Waals surface area contributed by atoms with Gasteiger partial charge in [0.05, 0.1) is 6.42 Å². The highest BCUT2D eigenvalue weighted by atomic mass is 35.5. The number of carbonyl (C=O) groups excluding carboxylic acids is 2. The van der Waals surface area contributed by atoms with Gasteiger partial charge in [-0.25, -0.2) is 0 Å². The van der Waals surface area contributed by atoms with Gasteiger partial charge < -0.3 is 10.2 Å². The summed E-state index contributed by atoms with van der Waals surface area (Å²) in [5, 5.41) is 3.68. The van der Waals surface area contributed by atoms with Gasteiger partial charge in [-0.1, -0.05) is 48.0 Å². The summed E-state index contributed by atoms with van der Waals surface area (Å²) in [5.41, 5.74) is 3.24. The van der Waals surface area contributed by atoms with Gasteiger partial charge in [0.1, 0.15) is 0 Å². The zero-order chi connectivity index (χ0) is 19.2. The summed E-state index contributed by atoms with van der Waals surface area (Å²) in [6.45, 7) is 3.82. The van der Waals surface area contributed by atoms with E-state index in [0.717, 1.165) is 16.7 Å². The molecule has 5 heteroatoms. The molecule has 3 rings (SSSR count). The van der Waals surface area contributed by atoms with E-state index in [1.165, 1.54) is 0 Å². The van der Waals surface area contributed by atoms with Gasteiger partial charge in [0.25, 0.3) is 0 Å². The van der Waals surface area contributed by atoms with E-state index in [0.29, 0.717) is 43.9 Å². The number of piperidine rings is 1. The summed E-state index contributed by atoms with van der Waals surface area (Å²) in [5.74, 6) is 0.181. The average molecular weight is 385 g/mol. The lowest BCUT2D eigenvalue weighted by Crippen LogP contribution is -2.43. The van der Waals surface area contributed by atoms with Crippen LogP contribution in [0.2, 0.25) is 5.02 Å². The molecule has 1 saturated heterocycles. The number of amides is 2. The van der Waals surface area contributed by atoms with Crippen LogP contribution in [-0.2, 0) is 22.6 Å². The Balaban J connectivity index is 1.45. The van der Waals surface area contributed by atoms with Crippen LogP contribution in [0.1, 0.15) is 29.5 Å². The first kappa shape index (κ1) is 19.4. The molecule has 1 aliphatic heterocycles. The van der Waals surface area contributed by atoms with E-state index in [9.17, 15) is 9.59 Å². The highest BCUT2D eigenvalue weighted by Gasteiger charge is 2.27. The molecule has 1 fully saturated rings. The van der Waals surface area contributed by atoms with Crippen molar-refractivity contribution in [1.29, 1.82) is 0 Å². The van der Waals surface area contributed by atoms with E-state index >= 15 is 0 Å². The second kappa shape index (κ2) is 9.05. The molecular weight excluding hydrogens is 360 g/mol. The van der Waals surface area contributed by atoms with Gasteiger partial charge in [-0.2, -0.15) is 0 Å². The number of hydrogen-bond donors (Lipinski definition) is 1. The molecule has 142 valence electrons. The van der Waals surface area contributed by atoms with E-state index in [4.69, 9.17) is 11.6 Å². The first-order chi connectivity index (χ1) is 13.0. The lowest BCUT2D eigenvalue weighted by molar-refractivity contribution is -0.135. The number of nitrogens with one attached hydrogen (secondary N) is 1. The number of likely N-dealkylation sites (tertiary alicyclic amines) is 1. The van der Waals surface area contributed by atoms with Gasteiger partial charge in [-0.3, -0.25) is 9.59 Å². The van der Waals surface area contributed by atoms with E-state index in [2.05, 4.69) is 5.32 Å². The minimum absolute atomic E-state index is 0.0280. The molecule has 0 spiro atoms. The first-order valence-electron chi connectivity index (χ1n) is 9.37. The maximum Gasteiger partial charge on any atom is 0.226 e. The third-order valence-electron chi connectivity index (χ3n) is 5.20. The molecule has 0 saturated carbocycles. The van der Waals surface area contributed by atoms with Crippen molar-refractivity contribution in [3.05, 3.63) is 70.2 Å². The highest BCUT2D eigenvalue weighted by Crippen LogP contribution is 2.19. The van der Waals surface area contributed by atoms with Crippen molar-refractivity contribution in [3.63, 3.8) is 0 Å². The molecule has 4 nitrogen and oxygen atoms in total. The smallest absolute Gasteiger partial charge is 0.226 e. The number of nitrogens with zero attached hydrogens (tertiary/aromatic N) is 1. The van der Waals surface area contributed by atoms with E-state index in [-0.39, 0.29) is 17.7 Å². The molecule has 2 aromatic carbocycles. The van der Waals surface area contributed by atoms with Gasteiger partial charge in [-0.15, -0.1) is 0 Å². The molecule has 1 heterocycles. The Morgan fingerprint density at radius 3 is 2.41 bits per heavy atom. The zero-order valence-corrected chi connectivity index (χ0v) is 16.3. The Labute approximate surface area is 165 Å². The van der Waals surface area contributed by atoms with E-state index < -0.39 is 0 Å². The van der Waals surface area contributed by atoms with Gasteiger partial charge in [0.2, 0.25) is 11.8 Å². The quantitative estimate of drug-likeness (QED) is 0.853. The lowest BCUT2D eigenvalue weighted by Gasteiger charge is -2.31. The van der Waals surface area contributed by atoms with Crippen LogP contribution in [0, 0.1) is 12.8 Å². The third kappa shape index (κ3) is 5.33. The molecule has 2 amide bonds. The van der Waals surface area contributed by atoms with Crippen molar-refractivity contribution in [1.82, 2.24) is 10.2 Å². The molecule has 1 N–H and O–H groups in total. The number of halogens is 1. The van der Waals surface area contributed by atoms with Crippen LogP contribution in [0.4, 0.5) is 0 Å². The summed E-state index contributed by atoms with van der Waals surface area (Å²) in [6, 6.07) is 15.4. The third-order valence-corrected chi connectivity index (χ3v) is 5.45. The van der Waals surface area contributed by atoms with Crippen LogP contribution >= 0.6 is 11.6 Å².